The standard InChI is InChI=1S/C25H41N5O.HI/c1-26-24(27-18-22-8-4-5-9-23(22)31-19-21-10-11-21)28-20-25(12-16-29(2)17-13-25)30-14-6-3-7-15-30;/h4-5,8-9,21H,3,6-7,10-20H2,1-2H3,(H2,26,27,28);1H. The second-order valence-corrected chi connectivity index (χ2v) is 9.72. The van der Waals surface area contributed by atoms with E-state index in [0.29, 0.717) is 0 Å². The lowest BCUT2D eigenvalue weighted by Gasteiger charge is -2.50. The van der Waals surface area contributed by atoms with Crippen LogP contribution in [0.3, 0.4) is 0 Å². The maximum absolute atomic E-state index is 6.08. The van der Waals surface area contributed by atoms with Crippen molar-refractivity contribution in [2.75, 3.05) is 53.4 Å². The van der Waals surface area contributed by atoms with Gasteiger partial charge >= 0.3 is 0 Å². The van der Waals surface area contributed by atoms with Crippen molar-refractivity contribution in [2.24, 2.45) is 10.9 Å². The van der Waals surface area contributed by atoms with E-state index in [1.807, 2.05) is 7.05 Å². The summed E-state index contributed by atoms with van der Waals surface area (Å²) in [6, 6.07) is 8.37. The number of benzene rings is 1. The molecular weight excluding hydrogens is 513 g/mol. The zero-order valence-electron chi connectivity index (χ0n) is 19.9. The third-order valence-electron chi connectivity index (χ3n) is 7.34. The van der Waals surface area contributed by atoms with E-state index in [0.717, 1.165) is 37.3 Å². The minimum Gasteiger partial charge on any atom is -0.493 e. The smallest absolute Gasteiger partial charge is 0.191 e. The fourth-order valence-corrected chi connectivity index (χ4v) is 4.94. The average molecular weight is 556 g/mol. The second-order valence-electron chi connectivity index (χ2n) is 9.72. The fraction of sp³-hybridized carbons (Fsp3) is 0.720. The Hall–Kier alpha value is -1.06. The molecular formula is C25H42IN5O. The molecule has 0 amide bonds. The van der Waals surface area contributed by atoms with E-state index in [1.165, 1.54) is 76.7 Å². The van der Waals surface area contributed by atoms with E-state index in [2.05, 4.69) is 56.7 Å². The third kappa shape index (κ3) is 6.97. The molecule has 1 aliphatic carbocycles. The Kier molecular flexibility index (Phi) is 9.92. The van der Waals surface area contributed by atoms with Gasteiger partial charge in [0.1, 0.15) is 5.75 Å². The van der Waals surface area contributed by atoms with Crippen LogP contribution in [0.4, 0.5) is 0 Å². The van der Waals surface area contributed by atoms with Gasteiger partial charge in [0.2, 0.25) is 0 Å². The van der Waals surface area contributed by atoms with Gasteiger partial charge in [-0.15, -0.1) is 24.0 Å². The van der Waals surface area contributed by atoms with Crippen LogP contribution in [0.25, 0.3) is 0 Å². The predicted octanol–water partition coefficient (Wildman–Crippen LogP) is 3.71. The fourth-order valence-electron chi connectivity index (χ4n) is 4.94. The molecule has 180 valence electrons. The van der Waals surface area contributed by atoms with E-state index >= 15 is 0 Å². The van der Waals surface area contributed by atoms with Crippen LogP contribution < -0.4 is 15.4 Å². The van der Waals surface area contributed by atoms with E-state index in [4.69, 9.17) is 4.74 Å². The SMILES string of the molecule is CN=C(NCc1ccccc1OCC1CC1)NCC1(N2CCCCC2)CCN(C)CC1.I. The molecule has 2 saturated heterocycles. The molecule has 6 nitrogen and oxygen atoms in total. The Morgan fingerprint density at radius 2 is 1.78 bits per heavy atom. The summed E-state index contributed by atoms with van der Waals surface area (Å²) in [7, 11) is 4.11. The number of nitrogens with one attached hydrogen (secondary N) is 2. The lowest BCUT2D eigenvalue weighted by Crippen LogP contribution is -2.62. The Morgan fingerprint density at radius 1 is 1.06 bits per heavy atom. The topological polar surface area (TPSA) is 52.1 Å². The minimum absolute atomic E-state index is 0. The lowest BCUT2D eigenvalue weighted by molar-refractivity contribution is 0.0173. The summed E-state index contributed by atoms with van der Waals surface area (Å²) < 4.78 is 6.08. The highest BCUT2D eigenvalue weighted by Gasteiger charge is 2.39. The summed E-state index contributed by atoms with van der Waals surface area (Å²) in [5.41, 5.74) is 1.44. The van der Waals surface area contributed by atoms with Crippen LogP contribution in [0.5, 0.6) is 5.75 Å². The molecule has 0 aromatic heterocycles. The summed E-state index contributed by atoms with van der Waals surface area (Å²) in [5.74, 6) is 2.64. The summed E-state index contributed by atoms with van der Waals surface area (Å²) in [6.07, 6.45) is 9.13. The average Bonchev–Trinajstić information content (AvgIpc) is 3.65. The van der Waals surface area contributed by atoms with Crippen molar-refractivity contribution in [2.45, 2.75) is 57.0 Å². The Bertz CT molecular complexity index is 725. The molecule has 2 N–H and O–H groups in total. The van der Waals surface area contributed by atoms with Gasteiger partial charge in [0.05, 0.1) is 6.61 Å². The third-order valence-corrected chi connectivity index (χ3v) is 7.34. The number of ether oxygens (including phenoxy) is 1. The molecule has 1 aromatic rings. The zero-order valence-corrected chi connectivity index (χ0v) is 22.3. The number of piperidine rings is 2. The molecule has 0 bridgehead atoms. The van der Waals surface area contributed by atoms with Crippen LogP contribution in [0, 0.1) is 5.92 Å². The molecule has 3 aliphatic rings. The summed E-state index contributed by atoms with van der Waals surface area (Å²) >= 11 is 0. The molecule has 0 unspecified atom stereocenters. The van der Waals surface area contributed by atoms with Crippen molar-refractivity contribution < 1.29 is 4.74 Å². The molecule has 32 heavy (non-hydrogen) atoms. The molecule has 3 fully saturated rings. The number of aliphatic imine (C=N–C) groups is 1. The van der Waals surface area contributed by atoms with Crippen molar-refractivity contribution in [1.29, 1.82) is 0 Å². The van der Waals surface area contributed by atoms with Gasteiger partial charge in [-0.05, 0) is 83.7 Å². The van der Waals surface area contributed by atoms with Crippen molar-refractivity contribution in [3.8, 4) is 5.75 Å². The quantitative estimate of drug-likeness (QED) is 0.291. The Balaban J connectivity index is 0.00000289. The summed E-state index contributed by atoms with van der Waals surface area (Å²) in [4.78, 5) is 9.75. The number of nitrogens with zero attached hydrogens (tertiary/aromatic N) is 3. The van der Waals surface area contributed by atoms with Gasteiger partial charge in [0.15, 0.2) is 5.96 Å². The number of para-hydroxylation sites is 1. The van der Waals surface area contributed by atoms with Crippen molar-refractivity contribution >= 4 is 29.9 Å². The first-order valence-electron chi connectivity index (χ1n) is 12.3. The molecule has 2 aliphatic heterocycles. The first-order valence-corrected chi connectivity index (χ1v) is 12.3. The van der Waals surface area contributed by atoms with E-state index in [1.54, 1.807) is 0 Å². The minimum atomic E-state index is 0. The van der Waals surface area contributed by atoms with Crippen LogP contribution in [0.15, 0.2) is 29.3 Å². The molecule has 1 saturated carbocycles. The molecule has 4 rings (SSSR count). The van der Waals surface area contributed by atoms with Gasteiger partial charge in [0.25, 0.3) is 0 Å². The first kappa shape index (κ1) is 25.6. The Morgan fingerprint density at radius 3 is 2.47 bits per heavy atom. The highest BCUT2D eigenvalue weighted by molar-refractivity contribution is 14.0. The molecule has 0 spiro atoms. The molecule has 7 heteroatoms. The predicted molar refractivity (Wildman–Crippen MR) is 143 cm³/mol. The lowest BCUT2D eigenvalue weighted by atomic mass is 9.84. The van der Waals surface area contributed by atoms with Gasteiger partial charge in [-0.25, -0.2) is 0 Å². The van der Waals surface area contributed by atoms with Gasteiger partial charge in [0, 0.05) is 31.2 Å². The summed E-state index contributed by atoms with van der Waals surface area (Å²) in [6.45, 7) is 7.36. The van der Waals surface area contributed by atoms with E-state index < -0.39 is 0 Å². The van der Waals surface area contributed by atoms with Crippen molar-refractivity contribution in [3.05, 3.63) is 29.8 Å². The van der Waals surface area contributed by atoms with Crippen LogP contribution in [-0.4, -0.2) is 74.7 Å². The van der Waals surface area contributed by atoms with Gasteiger partial charge < -0.3 is 20.3 Å². The number of guanidine groups is 1. The highest BCUT2D eigenvalue weighted by atomic mass is 127. The molecule has 1 aromatic carbocycles. The maximum atomic E-state index is 6.08. The molecule has 0 radical (unpaired) electrons. The molecule has 2 heterocycles. The van der Waals surface area contributed by atoms with E-state index in [9.17, 15) is 0 Å². The molecule has 0 atom stereocenters. The monoisotopic (exact) mass is 555 g/mol. The largest absolute Gasteiger partial charge is 0.493 e. The number of rotatable bonds is 8. The number of hydrogen-bond donors (Lipinski definition) is 2. The Labute approximate surface area is 211 Å². The van der Waals surface area contributed by atoms with E-state index in [-0.39, 0.29) is 29.5 Å². The van der Waals surface area contributed by atoms with Crippen LogP contribution in [0.1, 0.15) is 50.5 Å². The zero-order chi connectivity index (χ0) is 21.5. The van der Waals surface area contributed by atoms with Crippen molar-refractivity contribution in [1.82, 2.24) is 20.4 Å². The normalized spacial score (nSPS) is 22.1. The second kappa shape index (κ2) is 12.4. The first-order chi connectivity index (χ1) is 15.2. The highest BCUT2D eigenvalue weighted by Crippen LogP contribution is 2.31. The number of halogens is 1. The van der Waals surface area contributed by atoms with Gasteiger partial charge in [-0.1, -0.05) is 24.6 Å². The van der Waals surface area contributed by atoms with Crippen molar-refractivity contribution in [3.63, 3.8) is 0 Å². The number of hydrogen-bond acceptors (Lipinski definition) is 4. The van der Waals surface area contributed by atoms with Crippen LogP contribution in [0.2, 0.25) is 0 Å². The summed E-state index contributed by atoms with van der Waals surface area (Å²) in [5, 5.41) is 7.21. The van der Waals surface area contributed by atoms with Gasteiger partial charge in [-0.2, -0.15) is 0 Å². The number of likely N-dealkylation sites (tertiary alicyclic amines) is 2. The van der Waals surface area contributed by atoms with Crippen LogP contribution in [-0.2, 0) is 6.54 Å². The van der Waals surface area contributed by atoms with Gasteiger partial charge in [-0.3, -0.25) is 9.89 Å². The maximum Gasteiger partial charge on any atom is 0.191 e. The van der Waals surface area contributed by atoms with Crippen LogP contribution >= 0.6 is 24.0 Å².